The number of rotatable bonds is 2. The highest BCUT2D eigenvalue weighted by Gasteiger charge is 2.15. The lowest BCUT2D eigenvalue weighted by Crippen LogP contribution is -2.33. The smallest absolute Gasteiger partial charge is 0.138 e. The Balaban J connectivity index is 1.63. The molecule has 1 aliphatic heterocycles. The minimum atomic E-state index is 0.154. The molecule has 0 amide bonds. The number of morpholine rings is 1. The molecule has 2 heterocycles. The summed E-state index contributed by atoms with van der Waals surface area (Å²) in [6.45, 7) is 4.68. The van der Waals surface area contributed by atoms with Gasteiger partial charge in [0, 0.05) is 18.7 Å². The number of nitrogens with zero attached hydrogens (tertiary/aromatic N) is 1. The summed E-state index contributed by atoms with van der Waals surface area (Å²) in [5, 5.41) is 3.36. The van der Waals surface area contributed by atoms with Gasteiger partial charge in [0.05, 0.1) is 23.7 Å². The molecular weight excluding hydrogens is 274 g/mol. The van der Waals surface area contributed by atoms with E-state index in [0.29, 0.717) is 0 Å². The molecule has 1 unspecified atom stereocenters. The van der Waals surface area contributed by atoms with Crippen molar-refractivity contribution >= 4 is 11.0 Å². The molecule has 22 heavy (non-hydrogen) atoms. The van der Waals surface area contributed by atoms with Crippen molar-refractivity contribution in [2.75, 3.05) is 19.7 Å². The van der Waals surface area contributed by atoms with Gasteiger partial charge in [-0.3, -0.25) is 0 Å². The van der Waals surface area contributed by atoms with Crippen LogP contribution in [-0.2, 0) is 4.74 Å². The molecule has 0 saturated carbocycles. The zero-order chi connectivity index (χ0) is 14.9. The fraction of sp³-hybridized carbons (Fsp3) is 0.278. The standard InChI is InChI=1S/C18H19N3O/c1-12-2-7-15-16(10-12)21-18(20-15)14-5-3-13(4-6-14)17-11-19-8-9-22-17/h2-7,10,17,19H,8-9,11H2,1H3,(H,20,21). The van der Waals surface area contributed by atoms with Crippen LogP contribution in [0.25, 0.3) is 22.4 Å². The van der Waals surface area contributed by atoms with Crippen LogP contribution in [0.3, 0.4) is 0 Å². The number of hydrogen-bond donors (Lipinski definition) is 2. The molecule has 0 aliphatic carbocycles. The molecule has 0 bridgehead atoms. The molecule has 0 radical (unpaired) electrons. The van der Waals surface area contributed by atoms with Crippen LogP contribution in [0.1, 0.15) is 17.2 Å². The second-order valence-corrected chi connectivity index (χ2v) is 5.79. The van der Waals surface area contributed by atoms with Crippen molar-refractivity contribution in [2.24, 2.45) is 0 Å². The summed E-state index contributed by atoms with van der Waals surface area (Å²) >= 11 is 0. The number of imidazole rings is 1. The fourth-order valence-electron chi connectivity index (χ4n) is 2.90. The van der Waals surface area contributed by atoms with Crippen molar-refractivity contribution in [1.82, 2.24) is 15.3 Å². The Hall–Kier alpha value is -2.17. The first-order chi connectivity index (χ1) is 10.8. The molecule has 4 nitrogen and oxygen atoms in total. The van der Waals surface area contributed by atoms with E-state index < -0.39 is 0 Å². The van der Waals surface area contributed by atoms with Crippen molar-refractivity contribution in [3.8, 4) is 11.4 Å². The summed E-state index contributed by atoms with van der Waals surface area (Å²) in [4.78, 5) is 8.06. The zero-order valence-electron chi connectivity index (χ0n) is 12.6. The topological polar surface area (TPSA) is 49.9 Å². The monoisotopic (exact) mass is 293 g/mol. The molecule has 1 aliphatic rings. The summed E-state index contributed by atoms with van der Waals surface area (Å²) in [7, 11) is 0. The van der Waals surface area contributed by atoms with E-state index in [4.69, 9.17) is 4.74 Å². The average molecular weight is 293 g/mol. The second kappa shape index (κ2) is 5.55. The number of fused-ring (bicyclic) bond motifs is 1. The Kier molecular flexibility index (Phi) is 3.41. The molecule has 112 valence electrons. The van der Waals surface area contributed by atoms with Crippen LogP contribution < -0.4 is 5.32 Å². The van der Waals surface area contributed by atoms with E-state index in [1.165, 1.54) is 11.1 Å². The molecule has 2 aromatic carbocycles. The summed E-state index contributed by atoms with van der Waals surface area (Å²) < 4.78 is 5.78. The first-order valence-electron chi connectivity index (χ1n) is 7.69. The van der Waals surface area contributed by atoms with E-state index in [0.717, 1.165) is 42.1 Å². The zero-order valence-corrected chi connectivity index (χ0v) is 12.6. The lowest BCUT2D eigenvalue weighted by atomic mass is 10.1. The van der Waals surface area contributed by atoms with Crippen molar-refractivity contribution in [3.05, 3.63) is 53.6 Å². The van der Waals surface area contributed by atoms with E-state index in [9.17, 15) is 0 Å². The maximum absolute atomic E-state index is 5.78. The number of aromatic amines is 1. The number of H-pyrrole nitrogens is 1. The minimum Gasteiger partial charge on any atom is -0.371 e. The maximum atomic E-state index is 5.78. The lowest BCUT2D eigenvalue weighted by Gasteiger charge is -2.24. The highest BCUT2D eigenvalue weighted by atomic mass is 16.5. The van der Waals surface area contributed by atoms with Gasteiger partial charge in [0.1, 0.15) is 5.82 Å². The van der Waals surface area contributed by atoms with Gasteiger partial charge < -0.3 is 15.0 Å². The maximum Gasteiger partial charge on any atom is 0.138 e. The van der Waals surface area contributed by atoms with Gasteiger partial charge in [-0.2, -0.15) is 0 Å². The van der Waals surface area contributed by atoms with Crippen molar-refractivity contribution in [2.45, 2.75) is 13.0 Å². The number of aromatic nitrogens is 2. The van der Waals surface area contributed by atoms with Crippen LogP contribution in [0.2, 0.25) is 0 Å². The lowest BCUT2D eigenvalue weighted by molar-refractivity contribution is 0.0277. The first kappa shape index (κ1) is 13.5. The number of ether oxygens (including phenoxy) is 1. The summed E-state index contributed by atoms with van der Waals surface area (Å²) in [5.74, 6) is 0.912. The van der Waals surface area contributed by atoms with Crippen molar-refractivity contribution < 1.29 is 4.74 Å². The van der Waals surface area contributed by atoms with Crippen LogP contribution in [-0.4, -0.2) is 29.7 Å². The van der Waals surface area contributed by atoms with E-state index in [-0.39, 0.29) is 6.10 Å². The van der Waals surface area contributed by atoms with E-state index in [2.05, 4.69) is 64.7 Å². The number of nitrogens with one attached hydrogen (secondary N) is 2. The molecule has 4 rings (SSSR count). The van der Waals surface area contributed by atoms with Gasteiger partial charge in [-0.05, 0) is 30.2 Å². The Morgan fingerprint density at radius 2 is 2.00 bits per heavy atom. The van der Waals surface area contributed by atoms with Gasteiger partial charge in [-0.25, -0.2) is 4.98 Å². The SMILES string of the molecule is Cc1ccc2nc(-c3ccc(C4CNCCO4)cc3)[nH]c2c1. The number of aryl methyl sites for hydroxylation is 1. The van der Waals surface area contributed by atoms with Crippen LogP contribution in [0.5, 0.6) is 0 Å². The van der Waals surface area contributed by atoms with E-state index >= 15 is 0 Å². The van der Waals surface area contributed by atoms with Gasteiger partial charge in [-0.15, -0.1) is 0 Å². The third-order valence-electron chi connectivity index (χ3n) is 4.12. The summed E-state index contributed by atoms with van der Waals surface area (Å²) in [6.07, 6.45) is 0.154. The quantitative estimate of drug-likeness (QED) is 0.763. The highest BCUT2D eigenvalue weighted by molar-refractivity contribution is 5.80. The van der Waals surface area contributed by atoms with Crippen LogP contribution >= 0.6 is 0 Å². The van der Waals surface area contributed by atoms with Crippen molar-refractivity contribution in [1.29, 1.82) is 0 Å². The molecular formula is C18H19N3O. The van der Waals surface area contributed by atoms with Gasteiger partial charge in [0.25, 0.3) is 0 Å². The van der Waals surface area contributed by atoms with Gasteiger partial charge in [0.2, 0.25) is 0 Å². The molecule has 2 N–H and O–H groups in total. The Bertz CT molecular complexity index is 786. The van der Waals surface area contributed by atoms with E-state index in [1.807, 2.05) is 0 Å². The predicted molar refractivity (Wildman–Crippen MR) is 87.8 cm³/mol. The molecule has 1 fully saturated rings. The van der Waals surface area contributed by atoms with Crippen molar-refractivity contribution in [3.63, 3.8) is 0 Å². The minimum absolute atomic E-state index is 0.154. The van der Waals surface area contributed by atoms with Crippen LogP contribution in [0, 0.1) is 6.92 Å². The van der Waals surface area contributed by atoms with Crippen LogP contribution in [0.15, 0.2) is 42.5 Å². The number of benzene rings is 2. The molecule has 1 aromatic heterocycles. The van der Waals surface area contributed by atoms with Gasteiger partial charge in [0.15, 0.2) is 0 Å². The Morgan fingerprint density at radius 3 is 2.77 bits per heavy atom. The fourth-order valence-corrected chi connectivity index (χ4v) is 2.90. The predicted octanol–water partition coefficient (Wildman–Crippen LogP) is 3.20. The largest absolute Gasteiger partial charge is 0.371 e. The first-order valence-corrected chi connectivity index (χ1v) is 7.69. The third-order valence-corrected chi connectivity index (χ3v) is 4.12. The molecule has 1 saturated heterocycles. The number of hydrogen-bond acceptors (Lipinski definition) is 3. The Labute approximate surface area is 129 Å². The van der Waals surface area contributed by atoms with Gasteiger partial charge >= 0.3 is 0 Å². The summed E-state index contributed by atoms with van der Waals surface area (Å²) in [6, 6.07) is 14.7. The molecule has 0 spiro atoms. The molecule has 1 atom stereocenters. The Morgan fingerprint density at radius 1 is 1.14 bits per heavy atom. The molecule has 3 aromatic rings. The third kappa shape index (κ3) is 2.51. The highest BCUT2D eigenvalue weighted by Crippen LogP contribution is 2.24. The van der Waals surface area contributed by atoms with Crippen LogP contribution in [0.4, 0.5) is 0 Å². The second-order valence-electron chi connectivity index (χ2n) is 5.79. The normalized spacial score (nSPS) is 18.7. The summed E-state index contributed by atoms with van der Waals surface area (Å²) in [5.41, 5.74) is 5.63. The average Bonchev–Trinajstić information content (AvgIpc) is 2.99. The van der Waals surface area contributed by atoms with E-state index in [1.54, 1.807) is 0 Å². The van der Waals surface area contributed by atoms with Gasteiger partial charge in [-0.1, -0.05) is 30.3 Å². The molecule has 4 heteroatoms.